The molecule has 0 fully saturated rings. The summed E-state index contributed by atoms with van der Waals surface area (Å²) in [5, 5.41) is 11.6. The van der Waals surface area contributed by atoms with Gasteiger partial charge >= 0.3 is 0 Å². The molecule has 170 valence electrons. The van der Waals surface area contributed by atoms with E-state index < -0.39 is 23.5 Å². The Morgan fingerprint density at radius 3 is 2.62 bits per heavy atom. The quantitative estimate of drug-likeness (QED) is 0.415. The number of furan rings is 1. The van der Waals surface area contributed by atoms with E-state index in [9.17, 15) is 14.7 Å². The number of aromatic nitrogens is 1. The van der Waals surface area contributed by atoms with E-state index >= 15 is 0 Å². The first-order valence-electron chi connectivity index (χ1n) is 10.8. The molecule has 2 aromatic heterocycles. The van der Waals surface area contributed by atoms with Gasteiger partial charge in [-0.05, 0) is 55.3 Å². The molecule has 7 nitrogen and oxygen atoms in total. The number of carbonyl (C=O) groups is 2. The molecule has 1 N–H and O–H groups in total. The molecule has 1 atom stereocenters. The Labute approximate surface area is 195 Å². The van der Waals surface area contributed by atoms with E-state index in [0.29, 0.717) is 28.1 Å². The topological polar surface area (TPSA) is 92.9 Å². The minimum absolute atomic E-state index is 0.00223. The van der Waals surface area contributed by atoms with Crippen molar-refractivity contribution in [3.8, 4) is 5.75 Å². The fourth-order valence-electron chi connectivity index (χ4n) is 4.34. The van der Waals surface area contributed by atoms with Crippen molar-refractivity contribution in [2.75, 3.05) is 12.0 Å². The van der Waals surface area contributed by atoms with Crippen LogP contribution in [0.25, 0.3) is 11.0 Å². The van der Waals surface area contributed by atoms with E-state index in [1.165, 1.54) is 12.0 Å². The molecule has 0 saturated heterocycles. The average Bonchev–Trinajstić information content (AvgIpc) is 3.40. The molecule has 34 heavy (non-hydrogen) atoms. The van der Waals surface area contributed by atoms with Gasteiger partial charge in [-0.2, -0.15) is 0 Å². The third-order valence-corrected chi connectivity index (χ3v) is 6.21. The lowest BCUT2D eigenvalue weighted by Gasteiger charge is -2.27. The minimum atomic E-state index is -0.920. The van der Waals surface area contributed by atoms with Crippen LogP contribution >= 0.6 is 0 Å². The molecule has 0 aliphatic carbocycles. The van der Waals surface area contributed by atoms with Crippen LogP contribution in [0.1, 0.15) is 33.4 Å². The fourth-order valence-corrected chi connectivity index (χ4v) is 4.34. The van der Waals surface area contributed by atoms with Crippen molar-refractivity contribution in [3.05, 3.63) is 101 Å². The van der Waals surface area contributed by atoms with Gasteiger partial charge in [0.25, 0.3) is 5.91 Å². The Bertz CT molecular complexity index is 1470. The first-order chi connectivity index (χ1) is 16.4. The van der Waals surface area contributed by atoms with Crippen molar-refractivity contribution in [2.24, 2.45) is 0 Å². The first-order valence-corrected chi connectivity index (χ1v) is 10.8. The number of methoxy groups -OCH3 is 1. The Kier molecular flexibility index (Phi) is 5.17. The number of benzene rings is 2. The number of hydrogen-bond acceptors (Lipinski definition) is 6. The number of Topliss-reactive ketones (excluding diaryl/α,β-unsaturated/α-hetero) is 1. The number of aliphatic hydroxyl groups is 1. The van der Waals surface area contributed by atoms with Crippen LogP contribution in [0.3, 0.4) is 0 Å². The third-order valence-electron chi connectivity index (χ3n) is 6.21. The molecule has 0 bridgehead atoms. The zero-order valence-electron chi connectivity index (χ0n) is 18.9. The Hall–Kier alpha value is -4.39. The number of aliphatic hydroxyl groups excluding tert-OH is 1. The van der Waals surface area contributed by atoms with E-state index in [1.54, 1.807) is 54.7 Å². The molecule has 0 spiro atoms. The van der Waals surface area contributed by atoms with Gasteiger partial charge in [-0.1, -0.05) is 30.3 Å². The van der Waals surface area contributed by atoms with Gasteiger partial charge in [0.1, 0.15) is 6.04 Å². The van der Waals surface area contributed by atoms with Gasteiger partial charge in [0.15, 0.2) is 22.9 Å². The largest absolute Gasteiger partial charge is 0.503 e. The van der Waals surface area contributed by atoms with Gasteiger partial charge in [0, 0.05) is 17.3 Å². The van der Waals surface area contributed by atoms with Crippen LogP contribution in [0.15, 0.2) is 82.6 Å². The normalized spacial score (nSPS) is 15.9. The number of amides is 1. The Morgan fingerprint density at radius 1 is 1.09 bits per heavy atom. The number of anilines is 1. The van der Waals surface area contributed by atoms with E-state index in [-0.39, 0.29) is 11.3 Å². The summed E-state index contributed by atoms with van der Waals surface area (Å²) in [6, 6.07) is 16.8. The van der Waals surface area contributed by atoms with Gasteiger partial charge in [0.2, 0.25) is 5.78 Å². The van der Waals surface area contributed by atoms with Crippen molar-refractivity contribution < 1.29 is 23.8 Å². The number of fused-ring (bicyclic) bond motifs is 1. The Morgan fingerprint density at radius 2 is 1.88 bits per heavy atom. The molecule has 2 aromatic carbocycles. The third kappa shape index (κ3) is 3.25. The highest BCUT2D eigenvalue weighted by Gasteiger charge is 2.46. The molecule has 1 aliphatic heterocycles. The smallest absolute Gasteiger partial charge is 0.294 e. The van der Waals surface area contributed by atoms with Crippen molar-refractivity contribution in [2.45, 2.75) is 19.9 Å². The molecule has 7 heteroatoms. The molecule has 0 saturated carbocycles. The van der Waals surface area contributed by atoms with E-state index in [4.69, 9.17) is 9.15 Å². The summed E-state index contributed by atoms with van der Waals surface area (Å²) in [6.07, 6.45) is 1.59. The monoisotopic (exact) mass is 454 g/mol. The maximum absolute atomic E-state index is 13.7. The number of ketones is 1. The number of para-hydroxylation sites is 1. The van der Waals surface area contributed by atoms with Crippen molar-refractivity contribution in [1.82, 2.24) is 4.98 Å². The maximum Gasteiger partial charge on any atom is 0.294 e. The van der Waals surface area contributed by atoms with Crippen molar-refractivity contribution >= 4 is 28.3 Å². The molecule has 1 unspecified atom stereocenters. The highest BCUT2D eigenvalue weighted by molar-refractivity contribution is 6.20. The predicted octanol–water partition coefficient (Wildman–Crippen LogP) is 5.24. The SMILES string of the molecule is COc1cccc2cc(C(=O)C3=C(O)C(=O)N(c4cccc(C)c4C)C3c3ccccn3)oc12. The highest BCUT2D eigenvalue weighted by atomic mass is 16.5. The lowest BCUT2D eigenvalue weighted by molar-refractivity contribution is -0.117. The van der Waals surface area contributed by atoms with Crippen LogP contribution in [-0.4, -0.2) is 28.9 Å². The molecule has 4 aromatic rings. The number of ether oxygens (including phenoxy) is 1. The number of carbonyl (C=O) groups excluding carboxylic acids is 2. The maximum atomic E-state index is 13.7. The van der Waals surface area contributed by atoms with Crippen LogP contribution in [0.5, 0.6) is 5.75 Å². The summed E-state index contributed by atoms with van der Waals surface area (Å²) < 4.78 is 11.2. The number of nitrogens with zero attached hydrogens (tertiary/aromatic N) is 2. The summed E-state index contributed by atoms with van der Waals surface area (Å²) in [5.74, 6) is -1.39. The minimum Gasteiger partial charge on any atom is -0.503 e. The fraction of sp³-hybridized carbons (Fsp3) is 0.148. The highest BCUT2D eigenvalue weighted by Crippen LogP contribution is 2.43. The molecular formula is C27H22N2O5. The van der Waals surface area contributed by atoms with E-state index in [2.05, 4.69) is 4.98 Å². The molecular weight excluding hydrogens is 432 g/mol. The summed E-state index contributed by atoms with van der Waals surface area (Å²) >= 11 is 0. The summed E-state index contributed by atoms with van der Waals surface area (Å²) in [6.45, 7) is 3.84. The lowest BCUT2D eigenvalue weighted by atomic mass is 9.97. The predicted molar refractivity (Wildman–Crippen MR) is 127 cm³/mol. The molecule has 0 radical (unpaired) electrons. The van der Waals surface area contributed by atoms with Crippen LogP contribution in [0, 0.1) is 13.8 Å². The summed E-state index contributed by atoms with van der Waals surface area (Å²) in [5.41, 5.74) is 3.24. The second kappa shape index (κ2) is 8.19. The standard InChI is InChI=1S/C27H22N2O5/c1-15-8-6-11-19(16(15)2)29-23(18-10-4-5-13-28-18)22(25(31)27(29)32)24(30)21-14-17-9-7-12-20(33-3)26(17)34-21/h4-14,23,31H,1-3H3. The van der Waals surface area contributed by atoms with Gasteiger partial charge in [-0.3, -0.25) is 19.5 Å². The first kappa shape index (κ1) is 21.5. The molecule has 5 rings (SSSR count). The second-order valence-electron chi connectivity index (χ2n) is 8.13. The number of aryl methyl sites for hydroxylation is 1. The molecule has 1 amide bonds. The van der Waals surface area contributed by atoms with Crippen molar-refractivity contribution in [1.29, 1.82) is 0 Å². The number of rotatable bonds is 5. The van der Waals surface area contributed by atoms with E-state index in [1.807, 2.05) is 26.0 Å². The second-order valence-corrected chi connectivity index (χ2v) is 8.13. The summed E-state index contributed by atoms with van der Waals surface area (Å²) in [4.78, 5) is 32.9. The van der Waals surface area contributed by atoms with Gasteiger partial charge in [-0.15, -0.1) is 0 Å². The van der Waals surface area contributed by atoms with Gasteiger partial charge in [0.05, 0.1) is 18.4 Å². The zero-order valence-corrected chi connectivity index (χ0v) is 18.9. The van der Waals surface area contributed by atoms with Crippen molar-refractivity contribution in [3.63, 3.8) is 0 Å². The zero-order chi connectivity index (χ0) is 24.0. The van der Waals surface area contributed by atoms with Gasteiger partial charge in [-0.25, -0.2) is 0 Å². The van der Waals surface area contributed by atoms with Gasteiger partial charge < -0.3 is 14.3 Å². The number of hydrogen-bond donors (Lipinski definition) is 1. The van der Waals surface area contributed by atoms with Crippen LogP contribution < -0.4 is 9.64 Å². The molecule has 3 heterocycles. The van der Waals surface area contributed by atoms with E-state index in [0.717, 1.165) is 11.1 Å². The van der Waals surface area contributed by atoms with Crippen LogP contribution in [-0.2, 0) is 4.79 Å². The number of pyridine rings is 1. The van der Waals surface area contributed by atoms with Crippen LogP contribution in [0.2, 0.25) is 0 Å². The average molecular weight is 454 g/mol. The van der Waals surface area contributed by atoms with Crippen LogP contribution in [0.4, 0.5) is 5.69 Å². The molecule has 1 aliphatic rings. The lowest BCUT2D eigenvalue weighted by Crippen LogP contribution is -2.32. The Balaban J connectivity index is 1.68. The summed E-state index contributed by atoms with van der Waals surface area (Å²) in [7, 11) is 1.52.